The van der Waals surface area contributed by atoms with Gasteiger partial charge < -0.3 is 15.2 Å². The van der Waals surface area contributed by atoms with Gasteiger partial charge in [0.2, 0.25) is 0 Å². The predicted octanol–water partition coefficient (Wildman–Crippen LogP) is 1.35. The highest BCUT2D eigenvalue weighted by atomic mass is 15.3. The van der Waals surface area contributed by atoms with Crippen molar-refractivity contribution < 1.29 is 0 Å². The summed E-state index contributed by atoms with van der Waals surface area (Å²) in [5.74, 6) is 6.86. The average molecular weight is 256 g/mol. The molecule has 98 valence electrons. The van der Waals surface area contributed by atoms with E-state index in [1.54, 1.807) is 0 Å². The van der Waals surface area contributed by atoms with Crippen LogP contribution in [0.4, 0.5) is 23.0 Å². The summed E-state index contributed by atoms with van der Waals surface area (Å²) < 4.78 is 0. The molecule has 3 N–H and O–H groups in total. The number of likely N-dealkylation sites (N-methyl/N-ethyl adjacent to an activating group) is 1. The number of rotatable bonds is 2. The summed E-state index contributed by atoms with van der Waals surface area (Å²) in [6.07, 6.45) is 1.52. The van der Waals surface area contributed by atoms with Gasteiger partial charge in [-0.3, -0.25) is 0 Å². The Kier molecular flexibility index (Phi) is 2.92. The van der Waals surface area contributed by atoms with Crippen molar-refractivity contribution in [2.45, 2.75) is 0 Å². The molecule has 6 nitrogen and oxygen atoms in total. The second-order valence-corrected chi connectivity index (χ2v) is 4.47. The number of fused-ring (bicyclic) bond motifs is 1. The maximum atomic E-state index is 5.40. The molecular weight excluding hydrogens is 240 g/mol. The van der Waals surface area contributed by atoms with E-state index in [9.17, 15) is 0 Å². The number of nitrogens with zero attached hydrogens (tertiary/aromatic N) is 4. The van der Waals surface area contributed by atoms with Gasteiger partial charge in [-0.05, 0) is 12.1 Å². The smallest absolute Gasteiger partial charge is 0.145 e. The number of nitrogen functional groups attached to an aromatic ring is 1. The number of hydrogen-bond acceptors (Lipinski definition) is 6. The van der Waals surface area contributed by atoms with Crippen LogP contribution in [0.15, 0.2) is 36.7 Å². The fourth-order valence-electron chi connectivity index (χ4n) is 2.32. The van der Waals surface area contributed by atoms with Crippen LogP contribution in [0, 0.1) is 0 Å². The molecule has 0 radical (unpaired) electrons. The van der Waals surface area contributed by atoms with E-state index in [1.807, 2.05) is 18.2 Å². The summed E-state index contributed by atoms with van der Waals surface area (Å²) in [4.78, 5) is 12.8. The van der Waals surface area contributed by atoms with E-state index in [2.05, 4.69) is 44.4 Å². The molecule has 1 aromatic carbocycles. The monoisotopic (exact) mass is 256 g/mol. The van der Waals surface area contributed by atoms with Crippen LogP contribution in [0.1, 0.15) is 0 Å². The normalized spacial score (nSPS) is 14.2. The predicted molar refractivity (Wildman–Crippen MR) is 76.6 cm³/mol. The number of nitrogens with two attached hydrogens (primary N) is 1. The Labute approximate surface area is 111 Å². The molecule has 1 aromatic heterocycles. The van der Waals surface area contributed by atoms with Gasteiger partial charge in [0, 0.05) is 26.2 Å². The molecule has 0 spiro atoms. The SMILES string of the molecule is CN1CCN(c2cc(NN)ncn2)c2ccccc21. The Bertz CT molecular complexity index is 585. The number of anilines is 4. The van der Waals surface area contributed by atoms with E-state index in [0.29, 0.717) is 5.82 Å². The van der Waals surface area contributed by atoms with Crippen LogP contribution in [0.3, 0.4) is 0 Å². The van der Waals surface area contributed by atoms with Crippen molar-refractivity contribution in [2.75, 3.05) is 35.4 Å². The number of para-hydroxylation sites is 2. The zero-order valence-corrected chi connectivity index (χ0v) is 10.7. The molecule has 0 unspecified atom stereocenters. The summed E-state index contributed by atoms with van der Waals surface area (Å²) in [6.45, 7) is 1.83. The Hall–Kier alpha value is -2.34. The number of aromatic nitrogens is 2. The minimum atomic E-state index is 0.612. The summed E-state index contributed by atoms with van der Waals surface area (Å²) in [6, 6.07) is 10.1. The summed E-state index contributed by atoms with van der Waals surface area (Å²) in [5.41, 5.74) is 4.91. The molecule has 0 aliphatic carbocycles. The number of nitrogens with one attached hydrogen (secondary N) is 1. The summed E-state index contributed by atoms with van der Waals surface area (Å²) >= 11 is 0. The number of hydrogen-bond donors (Lipinski definition) is 2. The highest BCUT2D eigenvalue weighted by Gasteiger charge is 2.21. The third-order valence-electron chi connectivity index (χ3n) is 3.32. The first kappa shape index (κ1) is 11.7. The first-order valence-corrected chi connectivity index (χ1v) is 6.16. The quantitative estimate of drug-likeness (QED) is 0.624. The molecule has 1 aliphatic rings. The largest absolute Gasteiger partial charge is 0.371 e. The highest BCUT2D eigenvalue weighted by molar-refractivity contribution is 5.78. The molecule has 1 aliphatic heterocycles. The van der Waals surface area contributed by atoms with Crippen LogP contribution in [0.2, 0.25) is 0 Å². The molecule has 0 fully saturated rings. The van der Waals surface area contributed by atoms with Crippen molar-refractivity contribution in [3.63, 3.8) is 0 Å². The lowest BCUT2D eigenvalue weighted by molar-refractivity contribution is 0.811. The molecular formula is C13H16N6. The van der Waals surface area contributed by atoms with E-state index >= 15 is 0 Å². The first-order valence-electron chi connectivity index (χ1n) is 6.16. The second kappa shape index (κ2) is 4.74. The van der Waals surface area contributed by atoms with Crippen molar-refractivity contribution in [1.29, 1.82) is 0 Å². The van der Waals surface area contributed by atoms with Gasteiger partial charge in [-0.15, -0.1) is 0 Å². The molecule has 2 aromatic rings. The van der Waals surface area contributed by atoms with Crippen LogP contribution < -0.4 is 21.1 Å². The lowest BCUT2D eigenvalue weighted by Gasteiger charge is -2.36. The second-order valence-electron chi connectivity index (χ2n) is 4.47. The lowest BCUT2D eigenvalue weighted by Crippen LogP contribution is -2.36. The Morgan fingerprint density at radius 3 is 2.74 bits per heavy atom. The van der Waals surface area contributed by atoms with Crippen LogP contribution in [0.25, 0.3) is 0 Å². The van der Waals surface area contributed by atoms with E-state index < -0.39 is 0 Å². The minimum absolute atomic E-state index is 0.612. The van der Waals surface area contributed by atoms with Crippen molar-refractivity contribution in [2.24, 2.45) is 5.84 Å². The molecule has 0 saturated heterocycles. The Morgan fingerprint density at radius 2 is 1.95 bits per heavy atom. The topological polar surface area (TPSA) is 70.3 Å². The molecule has 19 heavy (non-hydrogen) atoms. The first-order chi connectivity index (χ1) is 9.29. The fraction of sp³-hybridized carbons (Fsp3) is 0.231. The molecule has 0 amide bonds. The van der Waals surface area contributed by atoms with Crippen LogP contribution in [0.5, 0.6) is 0 Å². The summed E-state index contributed by atoms with van der Waals surface area (Å²) in [5, 5.41) is 0. The Morgan fingerprint density at radius 1 is 1.16 bits per heavy atom. The maximum absolute atomic E-state index is 5.40. The minimum Gasteiger partial charge on any atom is -0.371 e. The van der Waals surface area contributed by atoms with Gasteiger partial charge in [-0.25, -0.2) is 15.8 Å². The van der Waals surface area contributed by atoms with Crippen LogP contribution in [-0.2, 0) is 0 Å². The molecule has 2 heterocycles. The zero-order chi connectivity index (χ0) is 13.2. The van der Waals surface area contributed by atoms with E-state index in [-0.39, 0.29) is 0 Å². The van der Waals surface area contributed by atoms with Gasteiger partial charge in [0.05, 0.1) is 11.4 Å². The van der Waals surface area contributed by atoms with Gasteiger partial charge >= 0.3 is 0 Å². The third kappa shape index (κ3) is 2.06. The Balaban J connectivity index is 2.04. The molecule has 3 rings (SSSR count). The molecule has 0 saturated carbocycles. The van der Waals surface area contributed by atoms with E-state index in [1.165, 1.54) is 12.0 Å². The standard InChI is InChI=1S/C13H16N6/c1-18-6-7-19(11-5-3-2-4-10(11)18)13-8-12(17-14)15-9-16-13/h2-5,8-9H,6-7,14H2,1H3,(H,15,16,17). The maximum Gasteiger partial charge on any atom is 0.145 e. The lowest BCUT2D eigenvalue weighted by atomic mass is 10.2. The highest BCUT2D eigenvalue weighted by Crippen LogP contribution is 2.36. The van der Waals surface area contributed by atoms with Crippen LogP contribution >= 0.6 is 0 Å². The third-order valence-corrected chi connectivity index (χ3v) is 3.32. The van der Waals surface area contributed by atoms with Crippen molar-refractivity contribution in [3.8, 4) is 0 Å². The van der Waals surface area contributed by atoms with Gasteiger partial charge in [0.1, 0.15) is 18.0 Å². The molecule has 0 bridgehead atoms. The number of hydrazine groups is 1. The zero-order valence-electron chi connectivity index (χ0n) is 10.7. The van der Waals surface area contributed by atoms with Gasteiger partial charge in [0.25, 0.3) is 0 Å². The fourth-order valence-corrected chi connectivity index (χ4v) is 2.32. The summed E-state index contributed by atoms with van der Waals surface area (Å²) in [7, 11) is 2.10. The van der Waals surface area contributed by atoms with E-state index in [4.69, 9.17) is 5.84 Å². The van der Waals surface area contributed by atoms with Gasteiger partial charge in [0.15, 0.2) is 0 Å². The van der Waals surface area contributed by atoms with Gasteiger partial charge in [-0.1, -0.05) is 12.1 Å². The van der Waals surface area contributed by atoms with Gasteiger partial charge in [-0.2, -0.15) is 0 Å². The molecule has 6 heteroatoms. The number of benzene rings is 1. The van der Waals surface area contributed by atoms with Crippen molar-refractivity contribution in [3.05, 3.63) is 36.7 Å². The van der Waals surface area contributed by atoms with Crippen molar-refractivity contribution in [1.82, 2.24) is 9.97 Å². The van der Waals surface area contributed by atoms with E-state index in [0.717, 1.165) is 24.6 Å². The average Bonchev–Trinajstić information content (AvgIpc) is 2.48. The van der Waals surface area contributed by atoms with Crippen molar-refractivity contribution >= 4 is 23.0 Å². The molecule has 0 atom stereocenters. The van der Waals surface area contributed by atoms with Crippen LogP contribution in [-0.4, -0.2) is 30.1 Å².